The summed E-state index contributed by atoms with van der Waals surface area (Å²) in [5, 5.41) is 0. The number of piperidine rings is 1. The molecule has 3 heteroatoms. The van der Waals surface area contributed by atoms with Crippen LogP contribution < -0.4 is 11.3 Å². The molecule has 2 aliphatic carbocycles. The molecule has 0 bridgehead atoms. The molecule has 0 amide bonds. The smallest absolute Gasteiger partial charge is 0.0423 e. The van der Waals surface area contributed by atoms with Crippen LogP contribution in [-0.2, 0) is 0 Å². The number of nitrogens with zero attached hydrogens (tertiary/aromatic N) is 1. The Bertz CT molecular complexity index is 318. The summed E-state index contributed by atoms with van der Waals surface area (Å²) < 4.78 is 0. The summed E-state index contributed by atoms with van der Waals surface area (Å²) in [5.74, 6) is 7.82. The number of nitrogens with two attached hydrogens (primary N) is 1. The predicted octanol–water partition coefficient (Wildman–Crippen LogP) is 3.44. The van der Waals surface area contributed by atoms with Crippen molar-refractivity contribution in [1.82, 2.24) is 10.3 Å². The molecular formula is C18H35N3. The number of rotatable bonds is 4. The van der Waals surface area contributed by atoms with Gasteiger partial charge in [-0.15, -0.1) is 0 Å². The molecule has 3 rings (SSSR count). The Kier molecular flexibility index (Phi) is 5.23. The Balaban J connectivity index is 1.79. The first-order chi connectivity index (χ1) is 10.3. The van der Waals surface area contributed by atoms with Crippen molar-refractivity contribution < 1.29 is 0 Å². The van der Waals surface area contributed by atoms with Crippen molar-refractivity contribution in [2.75, 3.05) is 13.1 Å². The zero-order valence-electron chi connectivity index (χ0n) is 13.9. The van der Waals surface area contributed by atoms with Crippen LogP contribution in [0.25, 0.3) is 0 Å². The Morgan fingerprint density at radius 2 is 1.71 bits per heavy atom. The lowest BCUT2D eigenvalue weighted by Gasteiger charge is -2.51. The van der Waals surface area contributed by atoms with E-state index in [1.807, 2.05) is 0 Å². The first-order valence-electron chi connectivity index (χ1n) is 9.47. The van der Waals surface area contributed by atoms with Crippen LogP contribution in [0, 0.1) is 11.8 Å². The highest BCUT2D eigenvalue weighted by molar-refractivity contribution is 5.06. The maximum absolute atomic E-state index is 6.14. The quantitative estimate of drug-likeness (QED) is 0.616. The van der Waals surface area contributed by atoms with E-state index in [0.29, 0.717) is 11.6 Å². The molecule has 122 valence electrons. The van der Waals surface area contributed by atoms with Gasteiger partial charge in [-0.1, -0.05) is 39.0 Å². The molecule has 0 radical (unpaired) electrons. The summed E-state index contributed by atoms with van der Waals surface area (Å²) in [6.45, 7) is 5.04. The van der Waals surface area contributed by atoms with Crippen molar-refractivity contribution in [3.8, 4) is 0 Å². The van der Waals surface area contributed by atoms with Crippen LogP contribution in [-0.4, -0.2) is 29.6 Å². The van der Waals surface area contributed by atoms with Crippen molar-refractivity contribution in [3.05, 3.63) is 0 Å². The molecule has 3 aliphatic rings. The van der Waals surface area contributed by atoms with Crippen LogP contribution in [0.1, 0.15) is 77.6 Å². The summed E-state index contributed by atoms with van der Waals surface area (Å²) in [5.41, 5.74) is 3.70. The highest BCUT2D eigenvalue weighted by Gasteiger charge is 2.48. The van der Waals surface area contributed by atoms with Gasteiger partial charge in [-0.25, -0.2) is 0 Å². The Morgan fingerprint density at radius 3 is 2.33 bits per heavy atom. The molecule has 0 aromatic rings. The lowest BCUT2D eigenvalue weighted by molar-refractivity contribution is 0.00625. The van der Waals surface area contributed by atoms with Crippen molar-refractivity contribution in [2.45, 2.75) is 89.1 Å². The Labute approximate surface area is 131 Å². The fourth-order valence-electron chi connectivity index (χ4n) is 5.66. The molecule has 3 atom stereocenters. The van der Waals surface area contributed by atoms with E-state index in [2.05, 4.69) is 17.2 Å². The highest BCUT2D eigenvalue weighted by atomic mass is 15.3. The van der Waals surface area contributed by atoms with E-state index in [1.165, 1.54) is 83.7 Å². The molecule has 3 N–H and O–H groups in total. The monoisotopic (exact) mass is 293 g/mol. The lowest BCUT2D eigenvalue weighted by atomic mass is 9.70. The minimum absolute atomic E-state index is 0.372. The van der Waals surface area contributed by atoms with Crippen LogP contribution in [0.3, 0.4) is 0 Å². The standard InChI is InChI=1S/C18H35N3/c1-15-8-7-9-16(14-15)17(20-19)18(10-3-4-11-18)21-12-5-2-6-13-21/h15-17,20H,2-14,19H2,1H3. The predicted molar refractivity (Wildman–Crippen MR) is 88.9 cm³/mol. The fraction of sp³-hybridized carbons (Fsp3) is 1.00. The van der Waals surface area contributed by atoms with Crippen molar-refractivity contribution in [1.29, 1.82) is 0 Å². The maximum atomic E-state index is 6.14. The topological polar surface area (TPSA) is 41.3 Å². The third-order valence-corrected chi connectivity index (χ3v) is 6.66. The zero-order chi connectivity index (χ0) is 14.7. The maximum Gasteiger partial charge on any atom is 0.0423 e. The van der Waals surface area contributed by atoms with E-state index in [1.54, 1.807) is 0 Å². The molecule has 3 nitrogen and oxygen atoms in total. The van der Waals surface area contributed by atoms with Gasteiger partial charge in [-0.05, 0) is 63.5 Å². The summed E-state index contributed by atoms with van der Waals surface area (Å²) in [6, 6.07) is 0.515. The molecule has 1 aliphatic heterocycles. The summed E-state index contributed by atoms with van der Waals surface area (Å²) in [4.78, 5) is 2.84. The largest absolute Gasteiger partial charge is 0.296 e. The molecular weight excluding hydrogens is 258 g/mol. The van der Waals surface area contributed by atoms with Crippen LogP contribution in [0.4, 0.5) is 0 Å². The van der Waals surface area contributed by atoms with Crippen LogP contribution in [0.15, 0.2) is 0 Å². The minimum Gasteiger partial charge on any atom is -0.296 e. The van der Waals surface area contributed by atoms with Gasteiger partial charge in [0.25, 0.3) is 0 Å². The SMILES string of the molecule is CC1CCCC(C(NN)C2(N3CCCCC3)CCCC2)C1. The van der Waals surface area contributed by atoms with E-state index in [0.717, 1.165) is 11.8 Å². The molecule has 2 saturated carbocycles. The van der Waals surface area contributed by atoms with E-state index < -0.39 is 0 Å². The summed E-state index contributed by atoms with van der Waals surface area (Å²) in [7, 11) is 0. The Hall–Kier alpha value is -0.120. The lowest BCUT2D eigenvalue weighted by Crippen LogP contribution is -2.65. The molecule has 3 unspecified atom stereocenters. The molecule has 0 aromatic carbocycles. The van der Waals surface area contributed by atoms with Gasteiger partial charge in [-0.2, -0.15) is 0 Å². The molecule has 21 heavy (non-hydrogen) atoms. The average Bonchev–Trinajstić information content (AvgIpc) is 3.00. The Morgan fingerprint density at radius 1 is 1.00 bits per heavy atom. The van der Waals surface area contributed by atoms with E-state index in [4.69, 9.17) is 5.84 Å². The fourth-order valence-corrected chi connectivity index (χ4v) is 5.66. The van der Waals surface area contributed by atoms with E-state index in [9.17, 15) is 0 Å². The van der Waals surface area contributed by atoms with Gasteiger partial charge in [0.05, 0.1) is 0 Å². The van der Waals surface area contributed by atoms with Gasteiger partial charge in [0.1, 0.15) is 0 Å². The molecule has 0 spiro atoms. The molecule has 1 heterocycles. The minimum atomic E-state index is 0.372. The van der Waals surface area contributed by atoms with Gasteiger partial charge < -0.3 is 0 Å². The van der Waals surface area contributed by atoms with E-state index in [-0.39, 0.29) is 0 Å². The first-order valence-corrected chi connectivity index (χ1v) is 9.47. The van der Waals surface area contributed by atoms with E-state index >= 15 is 0 Å². The molecule has 1 saturated heterocycles. The second-order valence-electron chi connectivity index (χ2n) is 8.03. The summed E-state index contributed by atoms with van der Waals surface area (Å²) in [6.07, 6.45) is 15.3. The number of hydrazine groups is 1. The van der Waals surface area contributed by atoms with Crippen molar-refractivity contribution >= 4 is 0 Å². The first kappa shape index (κ1) is 15.8. The number of hydrogen-bond acceptors (Lipinski definition) is 3. The number of hydrogen-bond donors (Lipinski definition) is 2. The van der Waals surface area contributed by atoms with Crippen molar-refractivity contribution in [2.24, 2.45) is 17.7 Å². The second-order valence-corrected chi connectivity index (χ2v) is 8.03. The molecule has 3 fully saturated rings. The van der Waals surface area contributed by atoms with Gasteiger partial charge in [0, 0.05) is 11.6 Å². The van der Waals surface area contributed by atoms with Gasteiger partial charge in [0.2, 0.25) is 0 Å². The highest BCUT2D eigenvalue weighted by Crippen LogP contribution is 2.45. The van der Waals surface area contributed by atoms with Gasteiger partial charge in [0.15, 0.2) is 0 Å². The average molecular weight is 293 g/mol. The molecule has 0 aromatic heterocycles. The third kappa shape index (κ3) is 3.16. The third-order valence-electron chi connectivity index (χ3n) is 6.66. The second kappa shape index (κ2) is 6.97. The van der Waals surface area contributed by atoms with Gasteiger partial charge >= 0.3 is 0 Å². The number of nitrogens with one attached hydrogen (secondary N) is 1. The van der Waals surface area contributed by atoms with Crippen LogP contribution in [0.5, 0.6) is 0 Å². The zero-order valence-corrected chi connectivity index (χ0v) is 13.9. The number of likely N-dealkylation sites (tertiary alicyclic amines) is 1. The van der Waals surface area contributed by atoms with Crippen LogP contribution >= 0.6 is 0 Å². The van der Waals surface area contributed by atoms with Crippen molar-refractivity contribution in [3.63, 3.8) is 0 Å². The summed E-state index contributed by atoms with van der Waals surface area (Å²) >= 11 is 0. The van der Waals surface area contributed by atoms with Crippen LogP contribution in [0.2, 0.25) is 0 Å². The normalized spacial score (nSPS) is 35.7. The van der Waals surface area contributed by atoms with Gasteiger partial charge in [-0.3, -0.25) is 16.2 Å².